The van der Waals surface area contributed by atoms with E-state index in [0.717, 1.165) is 16.7 Å². The van der Waals surface area contributed by atoms with E-state index >= 15 is 0 Å². The fourth-order valence-corrected chi connectivity index (χ4v) is 5.20. The van der Waals surface area contributed by atoms with Crippen molar-refractivity contribution in [2.75, 3.05) is 6.54 Å². The maximum absolute atomic E-state index is 13.0. The van der Waals surface area contributed by atoms with Crippen molar-refractivity contribution in [1.29, 1.82) is 0 Å². The van der Waals surface area contributed by atoms with Crippen LogP contribution in [0, 0.1) is 20.8 Å². The van der Waals surface area contributed by atoms with Gasteiger partial charge >= 0.3 is 0 Å². The summed E-state index contributed by atoms with van der Waals surface area (Å²) in [5.41, 5.74) is 7.62. The highest BCUT2D eigenvalue weighted by molar-refractivity contribution is 7.89. The van der Waals surface area contributed by atoms with Crippen LogP contribution in [-0.4, -0.2) is 43.2 Å². The van der Waals surface area contributed by atoms with E-state index in [1.165, 1.54) is 16.4 Å². The molecule has 9 heteroatoms. The zero-order valence-electron chi connectivity index (χ0n) is 18.7. The van der Waals surface area contributed by atoms with Crippen molar-refractivity contribution in [2.45, 2.75) is 57.6 Å². The summed E-state index contributed by atoms with van der Waals surface area (Å²) in [6, 6.07) is 11.2. The third-order valence-corrected chi connectivity index (χ3v) is 7.59. The van der Waals surface area contributed by atoms with E-state index in [0.29, 0.717) is 18.6 Å². The minimum atomic E-state index is -3.82. The average molecular weight is 460 g/mol. The number of rotatable bonds is 6. The van der Waals surface area contributed by atoms with Crippen molar-refractivity contribution >= 4 is 21.8 Å². The molecule has 0 spiro atoms. The van der Waals surface area contributed by atoms with Gasteiger partial charge in [-0.05, 0) is 69.9 Å². The van der Waals surface area contributed by atoms with Gasteiger partial charge in [-0.2, -0.15) is 4.31 Å². The van der Waals surface area contributed by atoms with E-state index < -0.39 is 34.0 Å². The molecule has 2 N–H and O–H groups in total. The Balaban J connectivity index is 1.61. The van der Waals surface area contributed by atoms with Gasteiger partial charge in [0.05, 0.1) is 4.90 Å². The molecule has 1 aliphatic rings. The van der Waals surface area contributed by atoms with Crippen molar-refractivity contribution in [3.8, 4) is 5.75 Å². The van der Waals surface area contributed by atoms with Crippen LogP contribution in [0.25, 0.3) is 0 Å². The summed E-state index contributed by atoms with van der Waals surface area (Å²) >= 11 is 0. The van der Waals surface area contributed by atoms with Crippen LogP contribution in [0.2, 0.25) is 0 Å². The summed E-state index contributed by atoms with van der Waals surface area (Å²) in [5, 5.41) is 0. The quantitative estimate of drug-likeness (QED) is 0.646. The molecule has 0 aliphatic carbocycles. The first-order valence-electron chi connectivity index (χ1n) is 10.5. The summed E-state index contributed by atoms with van der Waals surface area (Å²) in [6.07, 6.45) is 0.0803. The molecule has 0 aromatic heterocycles. The van der Waals surface area contributed by atoms with Crippen molar-refractivity contribution in [3.05, 3.63) is 59.2 Å². The number of sulfonamides is 1. The summed E-state index contributed by atoms with van der Waals surface area (Å²) in [6.45, 7) is 7.54. The Bertz CT molecular complexity index is 1100. The second-order valence-electron chi connectivity index (χ2n) is 8.02. The van der Waals surface area contributed by atoms with Crippen molar-refractivity contribution in [1.82, 2.24) is 15.2 Å². The Labute approximate surface area is 189 Å². The van der Waals surface area contributed by atoms with Gasteiger partial charge in [-0.15, -0.1) is 0 Å². The maximum atomic E-state index is 13.0. The molecule has 1 heterocycles. The lowest BCUT2D eigenvalue weighted by atomic mass is 10.1. The molecule has 2 aromatic rings. The van der Waals surface area contributed by atoms with Gasteiger partial charge in [0.2, 0.25) is 10.0 Å². The highest BCUT2D eigenvalue weighted by Gasteiger charge is 2.39. The topological polar surface area (TPSA) is 105 Å². The summed E-state index contributed by atoms with van der Waals surface area (Å²) < 4.78 is 32.9. The Morgan fingerprint density at radius 1 is 1.06 bits per heavy atom. The second-order valence-corrected chi connectivity index (χ2v) is 9.91. The number of amides is 2. The molecular formula is C23H29N3O5S. The smallest absolute Gasteiger partial charge is 0.279 e. The Morgan fingerprint density at radius 2 is 1.75 bits per heavy atom. The molecule has 8 nitrogen and oxygen atoms in total. The standard InChI is InChI=1S/C23H29N3O5S/c1-15-10-12-19(13-11-15)32(29,30)26-14-6-8-20(26)23(28)25-24-22(27)18(4)31-21-9-5-7-16(2)17(21)3/h5,7,9-13,18,20H,6,8,14H2,1-4H3,(H,24,27)(H,25,28)/t18?,20-/m0/s1. The molecule has 1 unspecified atom stereocenters. The molecule has 1 aliphatic heterocycles. The number of nitrogens with one attached hydrogen (secondary N) is 2. The molecule has 1 saturated heterocycles. The van der Waals surface area contributed by atoms with E-state index in [1.807, 2.05) is 32.9 Å². The van der Waals surface area contributed by atoms with Crippen LogP contribution in [0.15, 0.2) is 47.4 Å². The second kappa shape index (κ2) is 9.70. The monoisotopic (exact) mass is 459 g/mol. The zero-order chi connectivity index (χ0) is 23.5. The van der Waals surface area contributed by atoms with Gasteiger partial charge in [0, 0.05) is 6.54 Å². The van der Waals surface area contributed by atoms with Crippen LogP contribution >= 0.6 is 0 Å². The van der Waals surface area contributed by atoms with E-state index in [2.05, 4.69) is 10.9 Å². The van der Waals surface area contributed by atoms with Crippen LogP contribution in [0.4, 0.5) is 0 Å². The SMILES string of the molecule is Cc1ccc(S(=O)(=O)N2CCC[C@H]2C(=O)NNC(=O)C(C)Oc2cccc(C)c2C)cc1. The number of carbonyl (C=O) groups excluding carboxylic acids is 2. The number of nitrogens with zero attached hydrogens (tertiary/aromatic N) is 1. The number of hydrogen-bond donors (Lipinski definition) is 2. The highest BCUT2D eigenvalue weighted by atomic mass is 32.2. The largest absolute Gasteiger partial charge is 0.481 e. The van der Waals surface area contributed by atoms with Crippen molar-refractivity contribution in [2.24, 2.45) is 0 Å². The lowest BCUT2D eigenvalue weighted by molar-refractivity contribution is -0.133. The first-order chi connectivity index (χ1) is 15.1. The third kappa shape index (κ3) is 5.11. The van der Waals surface area contributed by atoms with Gasteiger partial charge in [-0.3, -0.25) is 20.4 Å². The van der Waals surface area contributed by atoms with Crippen molar-refractivity contribution in [3.63, 3.8) is 0 Å². The van der Waals surface area contributed by atoms with Crippen LogP contribution in [0.1, 0.15) is 36.5 Å². The first kappa shape index (κ1) is 23.7. The zero-order valence-corrected chi connectivity index (χ0v) is 19.5. The molecule has 2 aromatic carbocycles. The molecule has 0 radical (unpaired) electrons. The Kier molecular flexibility index (Phi) is 7.20. The predicted molar refractivity (Wildman–Crippen MR) is 120 cm³/mol. The van der Waals surface area contributed by atoms with E-state index in [1.54, 1.807) is 25.1 Å². The van der Waals surface area contributed by atoms with Crippen LogP contribution in [0.5, 0.6) is 5.75 Å². The van der Waals surface area contributed by atoms with Crippen molar-refractivity contribution < 1.29 is 22.7 Å². The number of ether oxygens (including phenoxy) is 1. The molecule has 2 atom stereocenters. The predicted octanol–water partition coefficient (Wildman–Crippen LogP) is 2.38. The fraction of sp³-hybridized carbons (Fsp3) is 0.391. The lowest BCUT2D eigenvalue weighted by Crippen LogP contribution is -2.53. The normalized spacial score (nSPS) is 17.6. The lowest BCUT2D eigenvalue weighted by Gasteiger charge is -2.24. The van der Waals surface area contributed by atoms with Gasteiger partial charge < -0.3 is 4.74 Å². The molecule has 3 rings (SSSR count). The number of aryl methyl sites for hydroxylation is 2. The minimum absolute atomic E-state index is 0.141. The van der Waals surface area contributed by atoms with Crippen LogP contribution in [-0.2, 0) is 19.6 Å². The van der Waals surface area contributed by atoms with Gasteiger partial charge in [0.15, 0.2) is 6.10 Å². The number of hydrogen-bond acceptors (Lipinski definition) is 5. The van der Waals surface area contributed by atoms with Crippen LogP contribution in [0.3, 0.4) is 0 Å². The van der Waals surface area contributed by atoms with E-state index in [4.69, 9.17) is 4.74 Å². The first-order valence-corrected chi connectivity index (χ1v) is 12.0. The molecular weight excluding hydrogens is 430 g/mol. The van der Waals surface area contributed by atoms with Gasteiger partial charge in [-0.25, -0.2) is 8.42 Å². The summed E-state index contributed by atoms with van der Waals surface area (Å²) in [7, 11) is -3.82. The molecule has 0 saturated carbocycles. The molecule has 2 amide bonds. The maximum Gasteiger partial charge on any atom is 0.279 e. The van der Waals surface area contributed by atoms with E-state index in [9.17, 15) is 18.0 Å². The molecule has 32 heavy (non-hydrogen) atoms. The minimum Gasteiger partial charge on any atom is -0.481 e. The number of hydrazine groups is 1. The van der Waals surface area contributed by atoms with Crippen LogP contribution < -0.4 is 15.6 Å². The fourth-order valence-electron chi connectivity index (χ4n) is 3.54. The summed E-state index contributed by atoms with van der Waals surface area (Å²) in [4.78, 5) is 25.3. The van der Waals surface area contributed by atoms with E-state index in [-0.39, 0.29) is 11.4 Å². The average Bonchev–Trinajstić information content (AvgIpc) is 3.26. The molecule has 172 valence electrons. The highest BCUT2D eigenvalue weighted by Crippen LogP contribution is 2.26. The van der Waals surface area contributed by atoms with Gasteiger partial charge in [0.25, 0.3) is 11.8 Å². The molecule has 1 fully saturated rings. The Morgan fingerprint density at radius 3 is 2.44 bits per heavy atom. The number of carbonyl (C=O) groups is 2. The van der Waals surface area contributed by atoms with Gasteiger partial charge in [0.1, 0.15) is 11.8 Å². The van der Waals surface area contributed by atoms with Gasteiger partial charge in [-0.1, -0.05) is 29.8 Å². The Hall–Kier alpha value is -2.91. The third-order valence-electron chi connectivity index (χ3n) is 5.67. The summed E-state index contributed by atoms with van der Waals surface area (Å²) in [5.74, 6) is -0.527. The number of benzene rings is 2. The molecule has 0 bridgehead atoms.